The van der Waals surface area contributed by atoms with E-state index in [0.29, 0.717) is 16.3 Å². The van der Waals surface area contributed by atoms with E-state index in [4.69, 9.17) is 11.6 Å². The Balaban J connectivity index is 0.00000100. The molecule has 0 spiro atoms. The topological polar surface area (TPSA) is 61.4 Å². The van der Waals surface area contributed by atoms with E-state index in [1.165, 1.54) is 11.8 Å². The van der Waals surface area contributed by atoms with Gasteiger partial charge in [-0.2, -0.15) is 10.2 Å². The minimum Gasteiger partial charge on any atom is -0.267 e. The number of aryl methyl sites for hydroxylation is 1. The molecule has 0 radical (unpaired) electrons. The van der Waals surface area contributed by atoms with Crippen molar-refractivity contribution in [3.8, 4) is 0 Å². The third-order valence-electron chi connectivity index (χ3n) is 3.12. The zero-order valence-corrected chi connectivity index (χ0v) is 16.3. The maximum atomic E-state index is 11.9. The fourth-order valence-corrected chi connectivity index (χ4v) is 4.48. The van der Waals surface area contributed by atoms with Gasteiger partial charge in [-0.1, -0.05) is 61.1 Å². The van der Waals surface area contributed by atoms with Crippen LogP contribution in [-0.4, -0.2) is 21.6 Å². The highest BCUT2D eigenvalue weighted by atomic mass is 35.5. The van der Waals surface area contributed by atoms with Crippen LogP contribution in [0.2, 0.25) is 5.02 Å². The molecule has 0 unspecified atom stereocenters. The molecule has 0 aliphatic carbocycles. The summed E-state index contributed by atoms with van der Waals surface area (Å²) in [5.41, 5.74) is 2.70. The van der Waals surface area contributed by atoms with Crippen molar-refractivity contribution in [1.29, 1.82) is 0 Å². The summed E-state index contributed by atoms with van der Waals surface area (Å²) in [7, 11) is 1.80. The maximum absolute atomic E-state index is 11.9. The molecule has 1 N–H and O–H groups in total. The van der Waals surface area contributed by atoms with Crippen molar-refractivity contribution in [2.24, 2.45) is 5.10 Å². The zero-order valence-electron chi connectivity index (χ0n) is 14.0. The lowest BCUT2D eigenvalue weighted by Crippen LogP contribution is -2.22. The molecule has 1 aliphatic rings. The van der Waals surface area contributed by atoms with E-state index in [2.05, 4.69) is 15.3 Å². The normalized spacial score (nSPS) is 12.9. The summed E-state index contributed by atoms with van der Waals surface area (Å²) in [5.74, 6) is 0.705. The molecule has 24 heavy (non-hydrogen) atoms. The van der Waals surface area contributed by atoms with Crippen molar-refractivity contribution in [2.45, 2.75) is 31.4 Å². The second-order valence-corrected chi connectivity index (χ2v) is 7.42. The third-order valence-corrected chi connectivity index (χ3v) is 5.72. The molecule has 1 aliphatic heterocycles. The standard InChI is InChI=1S/C14H13ClN4OS2.C2H6/c1-8-3-4-9(10(15)5-8)7-21-14-18-19(2)11-6-16-17-13(20)12(11)22-14;1-2/h3-6H,7H2,1-2H3,(H,17,20);1-2H3. The van der Waals surface area contributed by atoms with Gasteiger partial charge in [-0.3, -0.25) is 9.80 Å². The van der Waals surface area contributed by atoms with E-state index in [-0.39, 0.29) is 5.56 Å². The highest BCUT2D eigenvalue weighted by Crippen LogP contribution is 2.36. The summed E-state index contributed by atoms with van der Waals surface area (Å²) in [5, 5.41) is 13.1. The molecular weight excluding hydrogens is 364 g/mol. The lowest BCUT2D eigenvalue weighted by molar-refractivity contribution is 0.899. The van der Waals surface area contributed by atoms with Gasteiger partial charge >= 0.3 is 0 Å². The summed E-state index contributed by atoms with van der Waals surface area (Å²) in [6.07, 6.45) is 1.60. The first-order chi connectivity index (χ1) is 11.5. The Morgan fingerprint density at radius 2 is 2.12 bits per heavy atom. The van der Waals surface area contributed by atoms with Crippen molar-refractivity contribution < 1.29 is 0 Å². The monoisotopic (exact) mass is 382 g/mol. The van der Waals surface area contributed by atoms with Gasteiger partial charge in [-0.05, 0) is 24.1 Å². The number of halogens is 1. The van der Waals surface area contributed by atoms with Crippen LogP contribution < -0.4 is 10.6 Å². The van der Waals surface area contributed by atoms with Crippen LogP contribution in [0.3, 0.4) is 0 Å². The Morgan fingerprint density at radius 1 is 1.38 bits per heavy atom. The highest BCUT2D eigenvalue weighted by Gasteiger charge is 2.21. The Bertz CT molecular complexity index is 807. The molecule has 1 aromatic carbocycles. The second kappa shape index (κ2) is 8.60. The molecule has 128 valence electrons. The summed E-state index contributed by atoms with van der Waals surface area (Å²) >= 11 is 9.17. The number of thioether (sulfide) groups is 2. The van der Waals surface area contributed by atoms with Gasteiger partial charge < -0.3 is 0 Å². The molecule has 0 saturated heterocycles. The Hall–Kier alpha value is -1.44. The lowest BCUT2D eigenvalue weighted by Gasteiger charge is -2.21. The zero-order chi connectivity index (χ0) is 17.7. The summed E-state index contributed by atoms with van der Waals surface area (Å²) in [6, 6.07) is 6.01. The van der Waals surface area contributed by atoms with Crippen molar-refractivity contribution in [3.63, 3.8) is 0 Å². The van der Waals surface area contributed by atoms with Crippen LogP contribution in [0.4, 0.5) is 5.69 Å². The number of rotatable bonds is 2. The number of fused-ring (bicyclic) bond motifs is 1. The number of hydrazone groups is 1. The minimum atomic E-state index is -0.198. The number of H-pyrrole nitrogens is 1. The second-order valence-electron chi connectivity index (χ2n) is 4.79. The number of aromatic amines is 1. The first-order valence-electron chi connectivity index (χ1n) is 7.50. The molecule has 3 rings (SSSR count). The van der Waals surface area contributed by atoms with E-state index in [1.54, 1.807) is 30.0 Å². The van der Waals surface area contributed by atoms with Crippen molar-refractivity contribution >= 4 is 45.2 Å². The van der Waals surface area contributed by atoms with Crippen LogP contribution in [0.5, 0.6) is 0 Å². The Morgan fingerprint density at radius 3 is 2.83 bits per heavy atom. The van der Waals surface area contributed by atoms with E-state index in [1.807, 2.05) is 39.0 Å². The molecule has 2 aromatic rings. The average molecular weight is 383 g/mol. The number of benzene rings is 1. The van der Waals surface area contributed by atoms with Gasteiger partial charge in [-0.15, -0.1) is 0 Å². The van der Waals surface area contributed by atoms with E-state index < -0.39 is 0 Å². The molecule has 0 fully saturated rings. The fraction of sp³-hybridized carbons (Fsp3) is 0.312. The van der Waals surface area contributed by atoms with Crippen molar-refractivity contribution in [3.05, 3.63) is 50.9 Å². The molecule has 0 atom stereocenters. The van der Waals surface area contributed by atoms with Crippen LogP contribution in [0.1, 0.15) is 25.0 Å². The molecular formula is C16H19ClN4OS2. The first-order valence-corrected chi connectivity index (χ1v) is 9.68. The van der Waals surface area contributed by atoms with Gasteiger partial charge in [-0.25, -0.2) is 5.10 Å². The third kappa shape index (κ3) is 4.34. The number of nitrogens with one attached hydrogen (secondary N) is 1. The van der Waals surface area contributed by atoms with Gasteiger partial charge in [0.1, 0.15) is 4.90 Å². The smallest absolute Gasteiger partial charge is 0.267 e. The number of anilines is 1. The van der Waals surface area contributed by atoms with Crippen molar-refractivity contribution in [1.82, 2.24) is 10.2 Å². The van der Waals surface area contributed by atoms with Gasteiger partial charge in [0.15, 0.2) is 4.38 Å². The highest BCUT2D eigenvalue weighted by molar-refractivity contribution is 8.38. The minimum absolute atomic E-state index is 0.198. The number of hydrogen-bond acceptors (Lipinski definition) is 6. The molecule has 0 saturated carbocycles. The average Bonchev–Trinajstić information content (AvgIpc) is 2.57. The van der Waals surface area contributed by atoms with Crippen LogP contribution in [0, 0.1) is 6.92 Å². The van der Waals surface area contributed by atoms with Crippen LogP contribution in [0.25, 0.3) is 0 Å². The molecule has 1 aromatic heterocycles. The first kappa shape index (κ1) is 18.9. The van der Waals surface area contributed by atoms with Crippen molar-refractivity contribution in [2.75, 3.05) is 12.1 Å². The maximum Gasteiger partial charge on any atom is 0.280 e. The van der Waals surface area contributed by atoms with Crippen LogP contribution in [0.15, 0.2) is 39.2 Å². The predicted octanol–water partition coefficient (Wildman–Crippen LogP) is 4.50. The summed E-state index contributed by atoms with van der Waals surface area (Å²) in [6.45, 7) is 6.01. The van der Waals surface area contributed by atoms with Gasteiger partial charge in [0.25, 0.3) is 5.56 Å². The molecule has 0 amide bonds. The molecule has 5 nitrogen and oxygen atoms in total. The molecule has 8 heteroatoms. The SMILES string of the molecule is CC.Cc1ccc(CSC2=NN(C)c3cn[nH]c(=O)c3S2)c(Cl)c1. The number of nitrogens with zero attached hydrogens (tertiary/aromatic N) is 3. The van der Waals surface area contributed by atoms with Gasteiger partial charge in [0.2, 0.25) is 0 Å². The number of aromatic nitrogens is 2. The van der Waals surface area contributed by atoms with Crippen LogP contribution in [-0.2, 0) is 5.75 Å². The fourth-order valence-electron chi connectivity index (χ4n) is 1.96. The summed E-state index contributed by atoms with van der Waals surface area (Å²) in [4.78, 5) is 12.5. The largest absolute Gasteiger partial charge is 0.280 e. The summed E-state index contributed by atoms with van der Waals surface area (Å²) < 4.78 is 0.809. The van der Waals surface area contributed by atoms with Gasteiger partial charge in [0, 0.05) is 17.8 Å². The van der Waals surface area contributed by atoms with Gasteiger partial charge in [0.05, 0.1) is 11.9 Å². The van der Waals surface area contributed by atoms with E-state index in [0.717, 1.165) is 20.5 Å². The number of hydrogen-bond donors (Lipinski definition) is 1. The van der Waals surface area contributed by atoms with E-state index >= 15 is 0 Å². The molecule has 2 heterocycles. The predicted molar refractivity (Wildman–Crippen MR) is 105 cm³/mol. The Labute approximate surface area is 154 Å². The quantitative estimate of drug-likeness (QED) is 0.828. The lowest BCUT2D eigenvalue weighted by atomic mass is 10.2. The van der Waals surface area contributed by atoms with Crippen LogP contribution >= 0.6 is 35.1 Å². The van der Waals surface area contributed by atoms with E-state index in [9.17, 15) is 4.79 Å². The molecule has 0 bridgehead atoms. The Kier molecular flexibility index (Phi) is 6.77.